The van der Waals surface area contributed by atoms with Crippen molar-refractivity contribution in [2.75, 3.05) is 10.8 Å². The highest BCUT2D eigenvalue weighted by Gasteiger charge is 2.28. The van der Waals surface area contributed by atoms with Gasteiger partial charge in [0.15, 0.2) is 0 Å². The third-order valence-corrected chi connectivity index (χ3v) is 4.99. The molecule has 2 aromatic rings. The summed E-state index contributed by atoms with van der Waals surface area (Å²) in [5, 5.41) is 9.30. The second-order valence-corrected chi connectivity index (χ2v) is 6.57. The fraction of sp³-hybridized carbons (Fsp3) is 0.267. The van der Waals surface area contributed by atoms with Gasteiger partial charge in [0.1, 0.15) is 11.2 Å². The quantitative estimate of drug-likeness (QED) is 0.846. The molecule has 0 aliphatic rings. The molecule has 7 heteroatoms. The summed E-state index contributed by atoms with van der Waals surface area (Å²) in [5.41, 5.74) is 0.107. The lowest BCUT2D eigenvalue weighted by Crippen LogP contribution is -2.33. The number of carbonyl (C=O) groups is 1. The standard InChI is InChI=1S/C15H17NO5S/c1-2-3-9-16(22(19,20)12-8-10-21-11-12)14-7-5-4-6-13(14)15(17)18/h4-8,10-11H,2-3,9H2,1H3,(H,17,18). The SMILES string of the molecule is CCCCN(c1ccccc1C(=O)O)S(=O)(=O)c1ccoc1. The number of para-hydroxylation sites is 1. The van der Waals surface area contributed by atoms with Crippen molar-refractivity contribution in [2.24, 2.45) is 0 Å². The Hall–Kier alpha value is -2.28. The number of sulfonamides is 1. The van der Waals surface area contributed by atoms with Crippen LogP contribution >= 0.6 is 0 Å². The molecule has 1 heterocycles. The molecule has 0 radical (unpaired) electrons. The average Bonchev–Trinajstić information content (AvgIpc) is 3.03. The monoisotopic (exact) mass is 323 g/mol. The van der Waals surface area contributed by atoms with Crippen molar-refractivity contribution in [1.82, 2.24) is 0 Å². The van der Waals surface area contributed by atoms with Crippen LogP contribution in [0.1, 0.15) is 30.1 Å². The number of aromatic carboxylic acids is 1. The van der Waals surface area contributed by atoms with E-state index in [1.165, 1.54) is 24.5 Å². The van der Waals surface area contributed by atoms with Gasteiger partial charge in [-0.3, -0.25) is 4.31 Å². The Labute approximate surface area is 129 Å². The van der Waals surface area contributed by atoms with Crippen molar-refractivity contribution in [3.05, 3.63) is 48.4 Å². The molecule has 118 valence electrons. The van der Waals surface area contributed by atoms with Crippen LogP contribution in [0.5, 0.6) is 0 Å². The summed E-state index contributed by atoms with van der Waals surface area (Å²) in [5.74, 6) is -1.17. The van der Waals surface area contributed by atoms with Crippen LogP contribution in [0, 0.1) is 0 Å². The number of unbranched alkanes of at least 4 members (excludes halogenated alkanes) is 1. The molecule has 0 bridgehead atoms. The van der Waals surface area contributed by atoms with Gasteiger partial charge in [-0.2, -0.15) is 0 Å². The van der Waals surface area contributed by atoms with Crippen LogP contribution in [-0.2, 0) is 10.0 Å². The molecule has 1 N–H and O–H groups in total. The van der Waals surface area contributed by atoms with Gasteiger partial charge in [0, 0.05) is 6.54 Å². The summed E-state index contributed by atoms with van der Waals surface area (Å²) in [6.07, 6.45) is 3.81. The number of nitrogens with zero attached hydrogens (tertiary/aromatic N) is 1. The Morgan fingerprint density at radius 2 is 2.00 bits per heavy atom. The maximum absolute atomic E-state index is 12.7. The highest BCUT2D eigenvalue weighted by atomic mass is 32.2. The largest absolute Gasteiger partial charge is 0.478 e. The lowest BCUT2D eigenvalue weighted by atomic mass is 10.1. The Morgan fingerprint density at radius 1 is 1.27 bits per heavy atom. The number of carboxylic acid groups (broad SMARTS) is 1. The predicted octanol–water partition coefficient (Wildman–Crippen LogP) is 2.97. The molecule has 0 amide bonds. The summed E-state index contributed by atoms with van der Waals surface area (Å²) >= 11 is 0. The third-order valence-electron chi connectivity index (χ3n) is 3.20. The Balaban J connectivity index is 2.55. The summed E-state index contributed by atoms with van der Waals surface area (Å²) < 4.78 is 31.5. The van der Waals surface area contributed by atoms with Gasteiger partial charge in [-0.05, 0) is 24.6 Å². The van der Waals surface area contributed by atoms with Gasteiger partial charge in [-0.25, -0.2) is 13.2 Å². The summed E-state index contributed by atoms with van der Waals surface area (Å²) in [6.45, 7) is 2.14. The van der Waals surface area contributed by atoms with Crippen molar-refractivity contribution in [3.63, 3.8) is 0 Å². The van der Waals surface area contributed by atoms with Crippen LogP contribution in [0.3, 0.4) is 0 Å². The zero-order chi connectivity index (χ0) is 16.2. The van der Waals surface area contributed by atoms with Crippen LogP contribution in [0.4, 0.5) is 5.69 Å². The van der Waals surface area contributed by atoms with E-state index in [2.05, 4.69) is 0 Å². The van der Waals surface area contributed by atoms with E-state index in [1.54, 1.807) is 12.1 Å². The summed E-state index contributed by atoms with van der Waals surface area (Å²) in [4.78, 5) is 11.4. The molecule has 2 rings (SSSR count). The van der Waals surface area contributed by atoms with Crippen molar-refractivity contribution in [2.45, 2.75) is 24.7 Å². The van der Waals surface area contributed by atoms with E-state index in [0.717, 1.165) is 17.0 Å². The van der Waals surface area contributed by atoms with Gasteiger partial charge in [0.05, 0.1) is 17.5 Å². The van der Waals surface area contributed by atoms with Crippen molar-refractivity contribution in [1.29, 1.82) is 0 Å². The van der Waals surface area contributed by atoms with E-state index in [0.29, 0.717) is 6.42 Å². The fourth-order valence-electron chi connectivity index (χ4n) is 2.07. The van der Waals surface area contributed by atoms with E-state index in [9.17, 15) is 18.3 Å². The maximum Gasteiger partial charge on any atom is 0.337 e. The minimum Gasteiger partial charge on any atom is -0.478 e. The average molecular weight is 323 g/mol. The Bertz CT molecular complexity index is 737. The first-order valence-electron chi connectivity index (χ1n) is 6.85. The minimum absolute atomic E-state index is 0.00351. The zero-order valence-corrected chi connectivity index (χ0v) is 12.9. The van der Waals surface area contributed by atoms with Crippen molar-refractivity contribution >= 4 is 21.7 Å². The van der Waals surface area contributed by atoms with E-state index in [-0.39, 0.29) is 22.7 Å². The number of benzene rings is 1. The number of hydrogen-bond donors (Lipinski definition) is 1. The molecular formula is C15H17NO5S. The van der Waals surface area contributed by atoms with Gasteiger partial charge in [0.2, 0.25) is 0 Å². The molecule has 0 aliphatic carbocycles. The minimum atomic E-state index is -3.86. The van der Waals surface area contributed by atoms with Crippen LogP contribution in [0.25, 0.3) is 0 Å². The normalized spacial score (nSPS) is 11.3. The molecule has 1 aromatic carbocycles. The molecule has 0 atom stereocenters. The first-order chi connectivity index (χ1) is 10.5. The van der Waals surface area contributed by atoms with E-state index >= 15 is 0 Å². The molecule has 22 heavy (non-hydrogen) atoms. The number of carboxylic acids is 1. The number of furan rings is 1. The lowest BCUT2D eigenvalue weighted by Gasteiger charge is -2.25. The Morgan fingerprint density at radius 3 is 2.59 bits per heavy atom. The zero-order valence-electron chi connectivity index (χ0n) is 12.1. The van der Waals surface area contributed by atoms with Crippen molar-refractivity contribution < 1.29 is 22.7 Å². The topological polar surface area (TPSA) is 87.8 Å². The van der Waals surface area contributed by atoms with Gasteiger partial charge in [-0.1, -0.05) is 25.5 Å². The fourth-order valence-corrected chi connectivity index (χ4v) is 3.52. The van der Waals surface area contributed by atoms with Gasteiger partial charge >= 0.3 is 5.97 Å². The van der Waals surface area contributed by atoms with Gasteiger partial charge < -0.3 is 9.52 Å². The molecular weight excluding hydrogens is 306 g/mol. The Kier molecular flexibility index (Phi) is 4.87. The molecule has 0 saturated heterocycles. The van der Waals surface area contributed by atoms with Crippen LogP contribution < -0.4 is 4.31 Å². The van der Waals surface area contributed by atoms with Gasteiger partial charge in [-0.15, -0.1) is 0 Å². The predicted molar refractivity (Wildman–Crippen MR) is 81.5 cm³/mol. The number of anilines is 1. The van der Waals surface area contributed by atoms with E-state index in [4.69, 9.17) is 4.42 Å². The molecule has 0 unspecified atom stereocenters. The first-order valence-corrected chi connectivity index (χ1v) is 8.29. The smallest absolute Gasteiger partial charge is 0.337 e. The molecule has 0 saturated carbocycles. The summed E-state index contributed by atoms with van der Waals surface area (Å²) in [6, 6.07) is 7.41. The second kappa shape index (κ2) is 6.65. The maximum atomic E-state index is 12.7. The molecule has 6 nitrogen and oxygen atoms in total. The number of rotatable bonds is 7. The molecule has 1 aromatic heterocycles. The second-order valence-electron chi connectivity index (χ2n) is 4.71. The molecule has 0 spiro atoms. The summed E-state index contributed by atoms with van der Waals surface area (Å²) in [7, 11) is -3.86. The highest BCUT2D eigenvalue weighted by Crippen LogP contribution is 2.27. The first kappa shape index (κ1) is 16.1. The lowest BCUT2D eigenvalue weighted by molar-refractivity contribution is 0.0697. The number of hydrogen-bond acceptors (Lipinski definition) is 4. The van der Waals surface area contributed by atoms with Crippen molar-refractivity contribution in [3.8, 4) is 0 Å². The third kappa shape index (κ3) is 3.14. The molecule has 0 aliphatic heterocycles. The van der Waals surface area contributed by atoms with E-state index < -0.39 is 16.0 Å². The van der Waals surface area contributed by atoms with Gasteiger partial charge in [0.25, 0.3) is 10.0 Å². The highest BCUT2D eigenvalue weighted by molar-refractivity contribution is 7.92. The molecule has 0 fully saturated rings. The van der Waals surface area contributed by atoms with Crippen LogP contribution in [-0.4, -0.2) is 26.0 Å². The van der Waals surface area contributed by atoms with Crippen LogP contribution in [0.15, 0.2) is 52.2 Å². The van der Waals surface area contributed by atoms with E-state index in [1.807, 2.05) is 6.92 Å². The van der Waals surface area contributed by atoms with Crippen LogP contribution in [0.2, 0.25) is 0 Å².